The summed E-state index contributed by atoms with van der Waals surface area (Å²) in [6.45, 7) is 3.76. The fourth-order valence-electron chi connectivity index (χ4n) is 7.14. The Morgan fingerprint density at radius 3 is 2.79 bits per heavy atom. The van der Waals surface area contributed by atoms with Gasteiger partial charge in [0.15, 0.2) is 0 Å². The maximum Gasteiger partial charge on any atom is 0.327 e. The molecule has 12 heteroatoms. The summed E-state index contributed by atoms with van der Waals surface area (Å²) in [5.41, 5.74) is 3.42. The van der Waals surface area contributed by atoms with Crippen LogP contribution < -0.4 is 19.7 Å². The fourth-order valence-corrected chi connectivity index (χ4v) is 9.17. The molecule has 2 fully saturated rings. The average Bonchev–Trinajstić information content (AvgIpc) is 3.79. The number of carbonyl (C=O) groups excluding carboxylic acids is 2. The molecule has 1 unspecified atom stereocenters. The third-order valence-electron chi connectivity index (χ3n) is 10.1. The van der Waals surface area contributed by atoms with Crippen molar-refractivity contribution in [3.8, 4) is 5.75 Å². The van der Waals surface area contributed by atoms with Gasteiger partial charge < -0.3 is 24.8 Å². The summed E-state index contributed by atoms with van der Waals surface area (Å²) >= 11 is 6.45. The maximum atomic E-state index is 14.3. The number of carbonyl (C=O) groups is 2. The van der Waals surface area contributed by atoms with Crippen molar-refractivity contribution in [1.29, 1.82) is 0 Å². The predicted molar refractivity (Wildman–Crippen MR) is 188 cm³/mol. The van der Waals surface area contributed by atoms with Crippen LogP contribution in [0.5, 0.6) is 5.75 Å². The number of urea groups is 1. The Morgan fingerprint density at radius 2 is 2.04 bits per heavy atom. The van der Waals surface area contributed by atoms with E-state index in [0.29, 0.717) is 48.6 Å². The van der Waals surface area contributed by atoms with Gasteiger partial charge in [0.2, 0.25) is 0 Å². The molecule has 2 saturated carbocycles. The number of ether oxygens (including phenoxy) is 2. The summed E-state index contributed by atoms with van der Waals surface area (Å²) in [5, 5.41) is 12.9. The molecule has 48 heavy (non-hydrogen) atoms. The van der Waals surface area contributed by atoms with Crippen LogP contribution in [0.2, 0.25) is 5.02 Å². The van der Waals surface area contributed by atoms with Crippen molar-refractivity contribution in [1.82, 2.24) is 10.0 Å². The number of hydrogen-bond donors (Lipinski definition) is 3. The van der Waals surface area contributed by atoms with Crippen molar-refractivity contribution in [2.75, 3.05) is 37.5 Å². The molecule has 2 aliphatic heterocycles. The van der Waals surface area contributed by atoms with Crippen LogP contribution in [0.15, 0.2) is 52.9 Å². The van der Waals surface area contributed by atoms with Gasteiger partial charge in [0.05, 0.1) is 24.2 Å². The van der Waals surface area contributed by atoms with Crippen LogP contribution in [0, 0.1) is 23.7 Å². The number of aryl methyl sites for hydroxylation is 1. The molecule has 2 aliphatic carbocycles. The number of hydrogen-bond acceptors (Lipinski definition) is 7. The first kappa shape index (κ1) is 34.7. The van der Waals surface area contributed by atoms with Crippen LogP contribution in [0.25, 0.3) is 0 Å². The van der Waals surface area contributed by atoms with E-state index in [-0.39, 0.29) is 41.9 Å². The molecule has 3 amide bonds. The molecule has 2 bridgehead atoms. The number of nitrogens with zero attached hydrogens (tertiary/aromatic N) is 2. The third kappa shape index (κ3) is 8.35. The van der Waals surface area contributed by atoms with E-state index in [1.807, 2.05) is 13.0 Å². The number of methoxy groups -OCH3 is 1. The zero-order chi connectivity index (χ0) is 33.8. The highest BCUT2D eigenvalue weighted by Crippen LogP contribution is 2.42. The van der Waals surface area contributed by atoms with E-state index in [0.717, 1.165) is 44.3 Å². The number of rotatable bonds is 4. The first-order valence-corrected chi connectivity index (χ1v) is 19.2. The van der Waals surface area contributed by atoms with E-state index in [1.165, 1.54) is 11.1 Å². The van der Waals surface area contributed by atoms with Gasteiger partial charge in [-0.2, -0.15) is 0 Å². The highest BCUT2D eigenvalue weighted by atomic mass is 35.5. The Bertz CT molecular complexity index is 1660. The maximum absolute atomic E-state index is 14.3. The molecule has 3 N–H and O–H groups in total. The minimum absolute atomic E-state index is 0.00613. The van der Waals surface area contributed by atoms with Gasteiger partial charge >= 0.3 is 6.03 Å². The molecule has 0 aromatic heterocycles. The Labute approximate surface area is 288 Å². The highest BCUT2D eigenvalue weighted by molar-refractivity contribution is 7.92. The average molecular weight is 699 g/mol. The van der Waals surface area contributed by atoms with Crippen molar-refractivity contribution in [3.63, 3.8) is 0 Å². The van der Waals surface area contributed by atoms with Crippen molar-refractivity contribution in [3.05, 3.63) is 70.3 Å². The minimum Gasteiger partial charge on any atom is -0.491 e. The molecule has 0 radical (unpaired) electrons. The number of anilines is 1. The van der Waals surface area contributed by atoms with E-state index in [2.05, 4.69) is 43.6 Å². The largest absolute Gasteiger partial charge is 0.491 e. The number of benzene rings is 2. The number of nitrogens with one attached hydrogen (secondary N) is 2. The molecular weight excluding hydrogens is 652 g/mol. The second-order valence-electron chi connectivity index (χ2n) is 13.8. The van der Waals surface area contributed by atoms with Crippen LogP contribution in [0.3, 0.4) is 0 Å². The van der Waals surface area contributed by atoms with E-state index in [1.54, 1.807) is 25.3 Å². The van der Waals surface area contributed by atoms with Crippen LogP contribution in [-0.4, -0.2) is 66.0 Å². The van der Waals surface area contributed by atoms with E-state index < -0.39 is 21.9 Å². The smallest absolute Gasteiger partial charge is 0.327 e. The van der Waals surface area contributed by atoms with Gasteiger partial charge in [0, 0.05) is 49.4 Å². The van der Waals surface area contributed by atoms with E-state index in [9.17, 15) is 18.9 Å². The number of amides is 3. The summed E-state index contributed by atoms with van der Waals surface area (Å²) in [7, 11) is -1.77. The molecule has 2 aromatic rings. The molecule has 6 rings (SSSR count). The fraction of sp³-hybridized carbons (Fsp3) is 0.556. The van der Waals surface area contributed by atoms with Crippen LogP contribution in [0.4, 0.5) is 10.5 Å². The van der Waals surface area contributed by atoms with Crippen LogP contribution in [0.1, 0.15) is 66.9 Å². The molecule has 7 atom stereocenters. The number of fused-ring (bicyclic) bond motifs is 3. The van der Waals surface area contributed by atoms with Gasteiger partial charge in [0.1, 0.15) is 15.7 Å². The van der Waals surface area contributed by atoms with E-state index >= 15 is 0 Å². The molecule has 0 saturated heterocycles. The lowest BCUT2D eigenvalue weighted by atomic mass is 9.70. The first-order valence-electron chi connectivity index (χ1n) is 17.1. The third-order valence-corrected chi connectivity index (χ3v) is 12.4. The Kier molecular flexibility index (Phi) is 11.0. The van der Waals surface area contributed by atoms with Gasteiger partial charge in [-0.15, -0.1) is 4.36 Å². The predicted octanol–water partition coefficient (Wildman–Crippen LogP) is 5.90. The topological polar surface area (TPSA) is 130 Å². The zero-order valence-corrected chi connectivity index (χ0v) is 29.3. The molecule has 2 heterocycles. The Balaban J connectivity index is 1.41. The molecule has 10 nitrogen and oxygen atoms in total. The van der Waals surface area contributed by atoms with Gasteiger partial charge in [0.25, 0.3) is 5.91 Å². The zero-order valence-electron chi connectivity index (χ0n) is 27.7. The van der Waals surface area contributed by atoms with E-state index in [4.69, 9.17) is 21.1 Å². The van der Waals surface area contributed by atoms with Crippen molar-refractivity contribution in [2.24, 2.45) is 28.0 Å². The number of aliphatic hydroxyl groups excluding tert-OH is 1. The van der Waals surface area contributed by atoms with Gasteiger partial charge in [-0.1, -0.05) is 36.7 Å². The molecule has 0 spiro atoms. The summed E-state index contributed by atoms with van der Waals surface area (Å²) < 4.78 is 33.4. The summed E-state index contributed by atoms with van der Waals surface area (Å²) in [6.07, 6.45) is 10.1. The second-order valence-corrected chi connectivity index (χ2v) is 16.3. The summed E-state index contributed by atoms with van der Waals surface area (Å²) in [6, 6.07) is 10.5. The molecule has 2 aromatic carbocycles. The number of allylic oxidation sites excluding steroid dienone is 1. The molecular formula is C36H47ClN4O6S. The number of aliphatic hydroxyl groups is 1. The standard InChI is InChI=1S/C36H47ClN4O6S/c1-23-6-5-8-33(46-2)30-13-10-27(30)20-41-19-26-9-12-29(37)16-24(26)7-3-4-15-47-34-14-11-25(18-32(34)41)35(43)39-48(45,22-23)40-36(44)38-31-17-28(31)21-42/h5,8-9,11-12,14,16,18,23,27-28,30-31,33,42H,3-4,6-7,10,13,15,17,19-22H2,1-2H3,(H2,38,39,40,43,44,45)/b8-5+/t23-,27-,28+,30+,31-,33-,48?/m0/s1. The highest BCUT2D eigenvalue weighted by Gasteiger charge is 2.39. The minimum atomic E-state index is -3.51. The van der Waals surface area contributed by atoms with Gasteiger partial charge in [-0.05, 0) is 104 Å². The van der Waals surface area contributed by atoms with Gasteiger partial charge in [-0.25, -0.2) is 9.00 Å². The lowest BCUT2D eigenvalue weighted by molar-refractivity contribution is 0.0133. The summed E-state index contributed by atoms with van der Waals surface area (Å²) in [4.78, 5) is 29.1. The quantitative estimate of drug-likeness (QED) is 0.339. The second kappa shape index (κ2) is 15.2. The van der Waals surface area contributed by atoms with Crippen LogP contribution >= 0.6 is 11.6 Å². The normalized spacial score (nSPS) is 31.3. The van der Waals surface area contributed by atoms with Crippen molar-refractivity contribution in [2.45, 2.75) is 70.6 Å². The van der Waals surface area contributed by atoms with Crippen LogP contribution in [-0.2, 0) is 27.6 Å². The van der Waals surface area contributed by atoms with Gasteiger partial charge in [-0.3, -0.25) is 9.52 Å². The Hall–Kier alpha value is -3.12. The molecule has 260 valence electrons. The van der Waals surface area contributed by atoms with Crippen molar-refractivity contribution < 1.29 is 28.4 Å². The lowest BCUT2D eigenvalue weighted by Gasteiger charge is -2.43. The Morgan fingerprint density at radius 1 is 1.19 bits per heavy atom. The summed E-state index contributed by atoms with van der Waals surface area (Å²) in [5.74, 6) is 0.520. The monoisotopic (exact) mass is 698 g/mol. The number of halogens is 1. The lowest BCUT2D eigenvalue weighted by Crippen LogP contribution is -2.43. The first-order chi connectivity index (χ1) is 23.1. The van der Waals surface area contributed by atoms with Crippen molar-refractivity contribution >= 4 is 39.1 Å². The molecule has 4 aliphatic rings. The SMILES string of the molecule is CO[C@H]1/C=C/C[C@H](C)CS(=O)(NC(=O)N[C@H]2C[C@@H]2CO)=NC(=O)c2ccc3c(c2)N(Cc2ccc(Cl)cc2CCCCO3)C[C@@H]2CC[C@H]21.